The highest BCUT2D eigenvalue weighted by Crippen LogP contribution is 2.31. The van der Waals surface area contributed by atoms with Crippen LogP contribution in [-0.2, 0) is 24.9 Å². The minimum absolute atomic E-state index is 0.0893. The summed E-state index contributed by atoms with van der Waals surface area (Å²) in [4.78, 5) is 27.2. The van der Waals surface area contributed by atoms with Gasteiger partial charge in [-0.1, -0.05) is 32.9 Å². The summed E-state index contributed by atoms with van der Waals surface area (Å²) < 4.78 is 42.6. The Labute approximate surface area is 217 Å². The van der Waals surface area contributed by atoms with Gasteiger partial charge in [0.2, 0.25) is 5.95 Å². The first kappa shape index (κ1) is 25.7. The molecule has 198 valence electrons. The Balaban J connectivity index is 1.53. The molecule has 8 nitrogen and oxygen atoms in total. The van der Waals surface area contributed by atoms with E-state index >= 15 is 0 Å². The van der Waals surface area contributed by atoms with Crippen molar-refractivity contribution in [1.82, 2.24) is 29.2 Å². The molecular formula is C27H28F3N7O. The maximum atomic E-state index is 13.2. The average molecular weight is 524 g/mol. The minimum Gasteiger partial charge on any atom is -0.324 e. The Morgan fingerprint density at radius 3 is 2.61 bits per heavy atom. The quantitative estimate of drug-likeness (QED) is 0.290. The van der Waals surface area contributed by atoms with Crippen molar-refractivity contribution >= 4 is 22.7 Å². The number of nitrogens with one attached hydrogen (secondary N) is 1. The van der Waals surface area contributed by atoms with E-state index in [2.05, 4.69) is 47.6 Å². The van der Waals surface area contributed by atoms with Crippen LogP contribution in [0.25, 0.3) is 16.7 Å². The lowest BCUT2D eigenvalue weighted by Crippen LogP contribution is -2.41. The zero-order valence-electron chi connectivity index (χ0n) is 21.4. The largest absolute Gasteiger partial charge is 0.460 e. The molecule has 1 aromatic carbocycles. The molecule has 0 bridgehead atoms. The van der Waals surface area contributed by atoms with E-state index < -0.39 is 6.30 Å². The molecule has 1 aliphatic heterocycles. The molecule has 3 aromatic heterocycles. The third-order valence-corrected chi connectivity index (χ3v) is 6.57. The molecule has 0 radical (unpaired) electrons. The van der Waals surface area contributed by atoms with Crippen LogP contribution in [0.1, 0.15) is 37.6 Å². The van der Waals surface area contributed by atoms with Gasteiger partial charge in [-0.3, -0.25) is 9.78 Å². The Hall–Kier alpha value is -3.99. The molecule has 0 saturated carbocycles. The molecule has 0 aliphatic carbocycles. The molecule has 4 heterocycles. The summed E-state index contributed by atoms with van der Waals surface area (Å²) in [6, 6.07) is 8.97. The predicted molar refractivity (Wildman–Crippen MR) is 140 cm³/mol. The zero-order valence-corrected chi connectivity index (χ0v) is 21.4. The summed E-state index contributed by atoms with van der Waals surface area (Å²) in [6.45, 7) is 9.98. The first-order chi connectivity index (χ1) is 18.0. The van der Waals surface area contributed by atoms with E-state index in [-0.39, 0.29) is 43.0 Å². The standard InChI is InChI=1S/C27H28F3N7O/c1-5-11-36-24(38)21-15-32-25(34-23(21)37(36)20-8-10-31-22(14-20)26(2,3)4)33-19-7-6-18-16-35(27(28,29)30)12-9-17(18)13-19/h5-8,10,13-15H,1,9,11-12,16H2,2-4H3,(H,32,33,34). The number of anilines is 2. The molecule has 1 aliphatic rings. The monoisotopic (exact) mass is 523 g/mol. The SMILES string of the molecule is C=CCn1c(=O)c2cnc(Nc3ccc4c(c3)CCN(C(F)(F)F)C4)nc2n1-c1ccnc(C(C)(C)C)c1. The van der Waals surface area contributed by atoms with Crippen molar-refractivity contribution in [3.05, 3.63) is 82.6 Å². The summed E-state index contributed by atoms with van der Waals surface area (Å²) >= 11 is 0. The van der Waals surface area contributed by atoms with Crippen molar-refractivity contribution in [2.24, 2.45) is 0 Å². The number of fused-ring (bicyclic) bond motifs is 2. The van der Waals surface area contributed by atoms with Crippen molar-refractivity contribution in [3.8, 4) is 5.69 Å². The first-order valence-corrected chi connectivity index (χ1v) is 12.2. The molecule has 38 heavy (non-hydrogen) atoms. The number of aromatic nitrogens is 5. The number of benzene rings is 1. The minimum atomic E-state index is -4.35. The number of nitrogens with zero attached hydrogens (tertiary/aromatic N) is 6. The average Bonchev–Trinajstić information content (AvgIpc) is 3.13. The number of hydrogen-bond acceptors (Lipinski definition) is 6. The second-order valence-electron chi connectivity index (χ2n) is 10.3. The molecule has 4 aromatic rings. The molecule has 0 atom stereocenters. The summed E-state index contributed by atoms with van der Waals surface area (Å²) in [5.41, 5.74) is 3.69. The van der Waals surface area contributed by atoms with Gasteiger partial charge in [0.15, 0.2) is 5.65 Å². The third kappa shape index (κ3) is 4.81. The molecule has 5 rings (SSSR count). The van der Waals surface area contributed by atoms with Gasteiger partial charge in [-0.2, -0.15) is 18.2 Å². The van der Waals surface area contributed by atoms with Crippen molar-refractivity contribution < 1.29 is 13.2 Å². The third-order valence-electron chi connectivity index (χ3n) is 6.57. The van der Waals surface area contributed by atoms with Crippen LogP contribution >= 0.6 is 0 Å². The summed E-state index contributed by atoms with van der Waals surface area (Å²) in [5.74, 6) is 0.264. The number of pyridine rings is 1. The second kappa shape index (κ2) is 9.39. The summed E-state index contributed by atoms with van der Waals surface area (Å²) in [7, 11) is 0. The highest BCUT2D eigenvalue weighted by Gasteiger charge is 2.38. The van der Waals surface area contributed by atoms with E-state index in [0.29, 0.717) is 27.2 Å². The molecular weight excluding hydrogens is 495 g/mol. The van der Waals surface area contributed by atoms with Gasteiger partial charge in [-0.05, 0) is 41.8 Å². The van der Waals surface area contributed by atoms with Crippen LogP contribution in [0, 0.1) is 0 Å². The topological polar surface area (TPSA) is 80.9 Å². The second-order valence-corrected chi connectivity index (χ2v) is 10.3. The van der Waals surface area contributed by atoms with Gasteiger partial charge >= 0.3 is 6.30 Å². The van der Waals surface area contributed by atoms with Gasteiger partial charge in [-0.25, -0.2) is 19.2 Å². The first-order valence-electron chi connectivity index (χ1n) is 12.2. The van der Waals surface area contributed by atoms with Crippen LogP contribution in [0.2, 0.25) is 0 Å². The lowest BCUT2D eigenvalue weighted by atomic mass is 9.91. The normalized spacial score (nSPS) is 14.5. The lowest BCUT2D eigenvalue weighted by Gasteiger charge is -2.30. The van der Waals surface area contributed by atoms with Crippen LogP contribution in [0.3, 0.4) is 0 Å². The summed E-state index contributed by atoms with van der Waals surface area (Å²) in [5, 5.41) is 3.50. The maximum Gasteiger partial charge on any atom is 0.460 e. The molecule has 0 unspecified atom stereocenters. The summed E-state index contributed by atoms with van der Waals surface area (Å²) in [6.07, 6.45) is 0.763. The van der Waals surface area contributed by atoms with Gasteiger partial charge in [0, 0.05) is 42.3 Å². The van der Waals surface area contributed by atoms with Gasteiger partial charge < -0.3 is 5.32 Å². The highest BCUT2D eigenvalue weighted by atomic mass is 19.4. The Bertz CT molecular complexity index is 1580. The Kier molecular flexibility index (Phi) is 6.34. The van der Waals surface area contributed by atoms with E-state index in [4.69, 9.17) is 0 Å². The smallest absolute Gasteiger partial charge is 0.324 e. The van der Waals surface area contributed by atoms with E-state index in [0.717, 1.165) is 16.9 Å². The molecule has 11 heteroatoms. The van der Waals surface area contributed by atoms with E-state index in [1.54, 1.807) is 33.8 Å². The molecule has 1 N–H and O–H groups in total. The number of halogens is 3. The lowest BCUT2D eigenvalue weighted by molar-refractivity contribution is -0.250. The fourth-order valence-electron chi connectivity index (χ4n) is 4.58. The van der Waals surface area contributed by atoms with Crippen molar-refractivity contribution in [2.75, 3.05) is 11.9 Å². The molecule has 0 saturated heterocycles. The Morgan fingerprint density at radius 2 is 1.89 bits per heavy atom. The van der Waals surface area contributed by atoms with Crippen LogP contribution in [0.5, 0.6) is 0 Å². The zero-order chi connectivity index (χ0) is 27.2. The van der Waals surface area contributed by atoms with Gasteiger partial charge in [0.1, 0.15) is 5.39 Å². The van der Waals surface area contributed by atoms with Crippen LogP contribution < -0.4 is 10.9 Å². The fraction of sp³-hybridized carbons (Fsp3) is 0.333. The molecule has 0 spiro atoms. The van der Waals surface area contributed by atoms with Gasteiger partial charge in [-0.15, -0.1) is 6.58 Å². The number of alkyl halides is 3. The van der Waals surface area contributed by atoms with Crippen molar-refractivity contribution in [1.29, 1.82) is 0 Å². The van der Waals surface area contributed by atoms with Crippen LogP contribution in [0.15, 0.2) is 60.2 Å². The van der Waals surface area contributed by atoms with E-state index in [1.165, 1.54) is 6.20 Å². The Morgan fingerprint density at radius 1 is 1.11 bits per heavy atom. The van der Waals surface area contributed by atoms with E-state index in [1.807, 2.05) is 18.2 Å². The fourth-order valence-corrected chi connectivity index (χ4v) is 4.58. The number of rotatable bonds is 5. The maximum absolute atomic E-state index is 13.2. The van der Waals surface area contributed by atoms with Crippen molar-refractivity contribution in [3.63, 3.8) is 0 Å². The molecule has 0 amide bonds. The highest BCUT2D eigenvalue weighted by molar-refractivity contribution is 5.77. The van der Waals surface area contributed by atoms with E-state index in [9.17, 15) is 18.0 Å². The van der Waals surface area contributed by atoms with Gasteiger partial charge in [0.25, 0.3) is 5.56 Å². The van der Waals surface area contributed by atoms with Gasteiger partial charge in [0.05, 0.1) is 12.2 Å². The number of allylic oxidation sites excluding steroid dienone is 1. The van der Waals surface area contributed by atoms with Crippen LogP contribution in [-0.4, -0.2) is 42.1 Å². The number of hydrogen-bond donors (Lipinski definition) is 1. The predicted octanol–water partition coefficient (Wildman–Crippen LogP) is 5.08. The van der Waals surface area contributed by atoms with Crippen molar-refractivity contribution in [2.45, 2.75) is 52.0 Å². The molecule has 0 fully saturated rings. The van der Waals surface area contributed by atoms with Crippen LogP contribution in [0.4, 0.5) is 24.8 Å².